The second-order valence-corrected chi connectivity index (χ2v) is 7.44. The van der Waals surface area contributed by atoms with Crippen LogP contribution < -0.4 is 5.73 Å². The second-order valence-electron chi connectivity index (χ2n) is 6.03. The zero-order valence-corrected chi connectivity index (χ0v) is 13.3. The molecule has 2 rings (SSSR count). The van der Waals surface area contributed by atoms with Gasteiger partial charge in [0.05, 0.1) is 4.91 Å². The highest BCUT2D eigenvalue weighted by molar-refractivity contribution is 7.87. The fraction of sp³-hybridized carbons (Fsp3) is 0.733. The number of hydrogen-bond donors (Lipinski definition) is 1. The van der Waals surface area contributed by atoms with Crippen molar-refractivity contribution in [1.29, 1.82) is 0 Å². The number of nitrogens with two attached hydrogens (primary N) is 1. The third-order valence-electron chi connectivity index (χ3n) is 4.66. The first kappa shape index (κ1) is 14.9. The summed E-state index contributed by atoms with van der Waals surface area (Å²) in [5.41, 5.74) is 8.37. The topological polar surface area (TPSA) is 46.3 Å². The average Bonchev–Trinajstić information content (AvgIpc) is 3.09. The minimum Gasteiger partial charge on any atom is -0.324 e. The predicted octanol–water partition coefficient (Wildman–Crippen LogP) is 2.72. The van der Waals surface area contributed by atoms with Crippen molar-refractivity contribution in [2.45, 2.75) is 65.1 Å². The van der Waals surface area contributed by atoms with Crippen LogP contribution >= 0.6 is 0 Å². The van der Waals surface area contributed by atoms with Crippen LogP contribution in [0.25, 0.3) is 0 Å². The van der Waals surface area contributed by atoms with Crippen molar-refractivity contribution < 1.29 is 4.21 Å². The third kappa shape index (κ3) is 2.71. The van der Waals surface area contributed by atoms with Gasteiger partial charge in [0, 0.05) is 18.1 Å². The Labute approximate surface area is 119 Å². The van der Waals surface area contributed by atoms with Gasteiger partial charge in [-0.15, -0.1) is 0 Å². The van der Waals surface area contributed by atoms with Crippen molar-refractivity contribution in [2.24, 2.45) is 11.7 Å². The van der Waals surface area contributed by atoms with E-state index in [9.17, 15) is 4.21 Å². The zero-order chi connectivity index (χ0) is 14.3. The summed E-state index contributed by atoms with van der Waals surface area (Å²) in [4.78, 5) is 0.788. The largest absolute Gasteiger partial charge is 0.324 e. The van der Waals surface area contributed by atoms with Crippen LogP contribution in [0.4, 0.5) is 0 Å². The Balaban J connectivity index is 2.22. The van der Waals surface area contributed by atoms with E-state index in [0.29, 0.717) is 18.0 Å². The highest BCUT2D eigenvalue weighted by Crippen LogP contribution is 2.41. The zero-order valence-electron chi connectivity index (χ0n) is 12.5. The molecule has 0 aromatic rings. The van der Waals surface area contributed by atoms with Gasteiger partial charge in [0.25, 0.3) is 0 Å². The Morgan fingerprint density at radius 1 is 1.47 bits per heavy atom. The van der Waals surface area contributed by atoms with Crippen molar-refractivity contribution >= 4 is 11.0 Å². The van der Waals surface area contributed by atoms with E-state index in [-0.39, 0.29) is 6.04 Å². The maximum atomic E-state index is 12.7. The summed E-state index contributed by atoms with van der Waals surface area (Å²) in [6.45, 7) is 12.8. The van der Waals surface area contributed by atoms with E-state index < -0.39 is 11.0 Å². The fourth-order valence-electron chi connectivity index (χ4n) is 2.87. The Morgan fingerprint density at radius 2 is 2.05 bits per heavy atom. The van der Waals surface area contributed by atoms with Crippen LogP contribution in [0.1, 0.15) is 47.0 Å². The van der Waals surface area contributed by atoms with Crippen LogP contribution in [0.5, 0.6) is 0 Å². The molecule has 0 spiro atoms. The molecular weight excluding hydrogens is 256 g/mol. The van der Waals surface area contributed by atoms with E-state index in [0.717, 1.165) is 24.2 Å². The molecule has 3 nitrogen and oxygen atoms in total. The van der Waals surface area contributed by atoms with E-state index in [1.54, 1.807) is 0 Å². The standard InChI is InChI=1S/C15H26N2OS/c1-6-9(2)11(4)17-10(3)7-13(12(5)19(17)18)14-8-15(14)16/h9-11,15H,5-8,16H2,1-4H3. The van der Waals surface area contributed by atoms with Gasteiger partial charge in [0.15, 0.2) is 0 Å². The molecule has 19 heavy (non-hydrogen) atoms. The number of hydrogen-bond acceptors (Lipinski definition) is 2. The third-order valence-corrected chi connectivity index (χ3v) is 6.40. The van der Waals surface area contributed by atoms with Crippen LogP contribution in [0.15, 0.2) is 22.6 Å². The van der Waals surface area contributed by atoms with Gasteiger partial charge in [-0.2, -0.15) is 0 Å². The molecule has 5 unspecified atom stereocenters. The van der Waals surface area contributed by atoms with Gasteiger partial charge in [0.2, 0.25) is 0 Å². The van der Waals surface area contributed by atoms with Crippen molar-refractivity contribution in [3.05, 3.63) is 22.6 Å². The molecule has 2 fully saturated rings. The first-order chi connectivity index (χ1) is 8.88. The average molecular weight is 282 g/mol. The highest BCUT2D eigenvalue weighted by Gasteiger charge is 2.40. The van der Waals surface area contributed by atoms with E-state index in [2.05, 4.69) is 38.6 Å². The molecule has 0 bridgehead atoms. The van der Waals surface area contributed by atoms with Gasteiger partial charge in [-0.25, -0.2) is 8.51 Å². The molecule has 1 saturated heterocycles. The molecule has 1 aliphatic heterocycles. The molecule has 0 aromatic carbocycles. The van der Waals surface area contributed by atoms with Gasteiger partial charge in [-0.05, 0) is 43.8 Å². The summed E-state index contributed by atoms with van der Waals surface area (Å²) in [6.07, 6.45) is 3.00. The molecule has 5 atom stereocenters. The molecule has 2 aliphatic rings. The summed E-state index contributed by atoms with van der Waals surface area (Å²) in [5.74, 6) is 0.539. The number of allylic oxidation sites excluding steroid dienone is 1. The van der Waals surface area contributed by atoms with Crippen LogP contribution in [0, 0.1) is 5.92 Å². The van der Waals surface area contributed by atoms with E-state index >= 15 is 0 Å². The van der Waals surface area contributed by atoms with Crippen LogP contribution in [-0.4, -0.2) is 26.6 Å². The highest BCUT2D eigenvalue weighted by atomic mass is 32.2. The first-order valence-electron chi connectivity index (χ1n) is 7.25. The Bertz CT molecular complexity index is 443. The summed E-state index contributed by atoms with van der Waals surface area (Å²) in [7, 11) is -1.11. The van der Waals surface area contributed by atoms with Crippen molar-refractivity contribution in [3.63, 3.8) is 0 Å². The molecule has 1 saturated carbocycles. The van der Waals surface area contributed by atoms with E-state index in [1.165, 1.54) is 11.1 Å². The summed E-state index contributed by atoms with van der Waals surface area (Å²) < 4.78 is 14.8. The van der Waals surface area contributed by atoms with E-state index in [4.69, 9.17) is 5.73 Å². The maximum Gasteiger partial charge on any atom is 0.127 e. The van der Waals surface area contributed by atoms with Gasteiger partial charge in [0.1, 0.15) is 11.0 Å². The Hall–Kier alpha value is -0.450. The number of nitrogens with zero attached hydrogens (tertiary/aromatic N) is 1. The normalized spacial score (nSPS) is 39.2. The summed E-state index contributed by atoms with van der Waals surface area (Å²) in [5, 5.41) is 0. The smallest absolute Gasteiger partial charge is 0.127 e. The molecule has 1 heterocycles. The molecule has 0 radical (unpaired) electrons. The molecule has 0 aromatic heterocycles. The molecule has 1 aliphatic carbocycles. The molecule has 0 amide bonds. The van der Waals surface area contributed by atoms with Gasteiger partial charge in [-0.1, -0.05) is 26.8 Å². The maximum absolute atomic E-state index is 12.7. The molecule has 4 heteroatoms. The SMILES string of the molecule is C=C1C(=C2CC2N)CC(C)N(C(C)C(C)CC)S1=O. The molecule has 108 valence electrons. The molecular formula is C15H26N2OS. The summed E-state index contributed by atoms with van der Waals surface area (Å²) in [6, 6.07) is 0.803. The van der Waals surface area contributed by atoms with Crippen molar-refractivity contribution in [1.82, 2.24) is 4.31 Å². The van der Waals surface area contributed by atoms with Gasteiger partial charge < -0.3 is 5.73 Å². The van der Waals surface area contributed by atoms with Gasteiger partial charge in [-0.3, -0.25) is 0 Å². The lowest BCUT2D eigenvalue weighted by molar-refractivity contribution is 0.221. The fourth-order valence-corrected chi connectivity index (χ4v) is 4.47. The monoisotopic (exact) mass is 282 g/mol. The lowest BCUT2D eigenvalue weighted by Crippen LogP contribution is -2.47. The van der Waals surface area contributed by atoms with E-state index in [1.807, 2.05) is 0 Å². The summed E-state index contributed by atoms with van der Waals surface area (Å²) >= 11 is 0. The Morgan fingerprint density at radius 3 is 2.53 bits per heavy atom. The predicted molar refractivity (Wildman–Crippen MR) is 81.7 cm³/mol. The number of rotatable bonds is 3. The molecule has 2 N–H and O–H groups in total. The Kier molecular flexibility index (Phi) is 4.33. The van der Waals surface area contributed by atoms with Crippen molar-refractivity contribution in [3.8, 4) is 0 Å². The van der Waals surface area contributed by atoms with Crippen LogP contribution in [0.3, 0.4) is 0 Å². The lowest BCUT2D eigenvalue weighted by Gasteiger charge is -2.40. The van der Waals surface area contributed by atoms with Gasteiger partial charge >= 0.3 is 0 Å². The lowest BCUT2D eigenvalue weighted by atomic mass is 9.98. The minimum atomic E-state index is -1.11. The van der Waals surface area contributed by atoms with Crippen LogP contribution in [-0.2, 0) is 11.0 Å². The minimum absolute atomic E-state index is 0.189. The first-order valence-corrected chi connectivity index (χ1v) is 8.36. The second kappa shape index (κ2) is 5.51. The van der Waals surface area contributed by atoms with Crippen LogP contribution in [0.2, 0.25) is 0 Å². The quantitative estimate of drug-likeness (QED) is 0.865. The van der Waals surface area contributed by atoms with Crippen molar-refractivity contribution in [2.75, 3.05) is 0 Å².